The Bertz CT molecular complexity index is 1400. The first kappa shape index (κ1) is 21.4. The Morgan fingerprint density at radius 3 is 2.62 bits per heavy atom. The van der Waals surface area contributed by atoms with Crippen molar-refractivity contribution >= 4 is 34.4 Å². The number of methoxy groups -OCH3 is 1. The van der Waals surface area contributed by atoms with E-state index < -0.39 is 35.0 Å². The van der Waals surface area contributed by atoms with Crippen LogP contribution in [-0.2, 0) is 4.74 Å². The fourth-order valence-electron chi connectivity index (χ4n) is 3.19. The zero-order valence-corrected chi connectivity index (χ0v) is 17.4. The number of hydrogen-bond acceptors (Lipinski definition) is 5. The molecule has 4 rings (SSSR count). The van der Waals surface area contributed by atoms with Crippen molar-refractivity contribution in [2.45, 2.75) is 6.92 Å². The molecule has 0 bridgehead atoms. The third kappa shape index (κ3) is 3.36. The molecule has 7 nitrogen and oxygen atoms in total. The van der Waals surface area contributed by atoms with E-state index in [0.29, 0.717) is 0 Å². The van der Waals surface area contributed by atoms with Crippen molar-refractivity contribution in [3.63, 3.8) is 0 Å². The van der Waals surface area contributed by atoms with Gasteiger partial charge in [0, 0.05) is 10.9 Å². The Morgan fingerprint density at radius 1 is 1.19 bits per heavy atom. The van der Waals surface area contributed by atoms with Crippen LogP contribution >= 0.6 is 11.3 Å². The lowest BCUT2D eigenvalue weighted by Crippen LogP contribution is -2.40. The number of fused-ring (bicyclic) bond motifs is 1. The lowest BCUT2D eigenvalue weighted by Gasteiger charge is -2.09. The normalized spacial score (nSPS) is 11.0. The van der Waals surface area contributed by atoms with Gasteiger partial charge < -0.3 is 15.3 Å². The lowest BCUT2D eigenvalue weighted by atomic mass is 10.1. The quantitative estimate of drug-likeness (QED) is 0.282. The molecule has 3 aromatic heterocycles. The predicted molar refractivity (Wildman–Crippen MR) is 110 cm³/mol. The first-order valence-electron chi connectivity index (χ1n) is 9.10. The molecule has 0 aliphatic heterocycles. The van der Waals surface area contributed by atoms with Gasteiger partial charge in [-0.2, -0.15) is 0 Å². The fourth-order valence-corrected chi connectivity index (χ4v) is 4.20. The van der Waals surface area contributed by atoms with E-state index >= 15 is 0 Å². The molecular weight excluding hydrogens is 447 g/mol. The van der Waals surface area contributed by atoms with Crippen LogP contribution in [0.5, 0.6) is 0 Å². The van der Waals surface area contributed by atoms with E-state index in [2.05, 4.69) is 5.32 Å². The molecule has 32 heavy (non-hydrogen) atoms. The highest BCUT2D eigenvalue weighted by Gasteiger charge is 2.28. The number of benzene rings is 1. The number of aryl methyl sites for hydroxylation is 1. The Balaban J connectivity index is 1.78. The number of nitrogens with zero attached hydrogens (tertiary/aromatic N) is 2. The smallest absolute Gasteiger partial charge is 0.341 e. The van der Waals surface area contributed by atoms with E-state index in [4.69, 9.17) is 4.74 Å². The van der Waals surface area contributed by atoms with Crippen LogP contribution in [0.2, 0.25) is 0 Å². The Labute approximate surface area is 182 Å². The number of aromatic nitrogens is 2. The van der Waals surface area contributed by atoms with E-state index in [-0.39, 0.29) is 37.6 Å². The van der Waals surface area contributed by atoms with Crippen LogP contribution in [0.1, 0.15) is 26.4 Å². The third-order valence-corrected chi connectivity index (χ3v) is 5.83. The average molecular weight is 461 g/mol. The molecule has 1 N–H and O–H groups in total. The second kappa shape index (κ2) is 8.00. The number of carbonyl (C=O) groups excluding carboxylic acids is 2. The van der Waals surface area contributed by atoms with Crippen LogP contribution < -0.4 is 10.2 Å². The minimum absolute atomic E-state index is 0.0339. The maximum atomic E-state index is 14.6. The fraction of sp³-hybridized carbons (Fsp3) is 0.0952. The maximum Gasteiger partial charge on any atom is 0.341 e. The molecule has 0 spiro atoms. The average Bonchev–Trinajstić information content (AvgIpc) is 3.34. The zero-order valence-electron chi connectivity index (χ0n) is 16.6. The van der Waals surface area contributed by atoms with Gasteiger partial charge in [0.1, 0.15) is 11.1 Å². The number of carbonyl (C=O) groups is 2. The summed E-state index contributed by atoms with van der Waals surface area (Å²) in [5, 5.41) is 16.1. The summed E-state index contributed by atoms with van der Waals surface area (Å²) in [5.74, 6) is -4.76. The summed E-state index contributed by atoms with van der Waals surface area (Å²) in [4.78, 5) is 25.4. The SMILES string of the molecule is COC(=O)c1c(NC(=O)c2cc3c(F)cccn3[n+]2[O-])csc1-c1ccc(C)c(F)c1F. The molecule has 0 fully saturated rings. The van der Waals surface area contributed by atoms with E-state index in [1.165, 1.54) is 36.7 Å². The van der Waals surface area contributed by atoms with E-state index in [1.54, 1.807) is 0 Å². The molecule has 0 atom stereocenters. The first-order chi connectivity index (χ1) is 15.2. The minimum atomic E-state index is -1.15. The number of hydrogen-bond donors (Lipinski definition) is 1. The van der Waals surface area contributed by atoms with Crippen molar-refractivity contribution < 1.29 is 32.3 Å². The molecule has 0 unspecified atom stereocenters. The van der Waals surface area contributed by atoms with Gasteiger partial charge in [-0.25, -0.2) is 18.0 Å². The molecule has 164 valence electrons. The van der Waals surface area contributed by atoms with Crippen LogP contribution in [0, 0.1) is 29.6 Å². The number of esters is 1. The summed E-state index contributed by atoms with van der Waals surface area (Å²) in [7, 11) is 1.09. The van der Waals surface area contributed by atoms with Gasteiger partial charge >= 0.3 is 17.6 Å². The van der Waals surface area contributed by atoms with Crippen molar-refractivity contribution in [3.05, 3.63) is 81.4 Å². The Kier molecular flexibility index (Phi) is 5.35. The van der Waals surface area contributed by atoms with Crippen molar-refractivity contribution in [1.82, 2.24) is 4.52 Å². The van der Waals surface area contributed by atoms with Gasteiger partial charge in [0.25, 0.3) is 0 Å². The molecule has 1 aromatic carbocycles. The number of rotatable bonds is 4. The van der Waals surface area contributed by atoms with E-state index in [0.717, 1.165) is 35.1 Å². The summed E-state index contributed by atoms with van der Waals surface area (Å²) in [6.45, 7) is 1.40. The summed E-state index contributed by atoms with van der Waals surface area (Å²) < 4.78 is 48.2. The largest absolute Gasteiger partial charge is 0.595 e. The van der Waals surface area contributed by atoms with Gasteiger partial charge in [0.05, 0.1) is 29.9 Å². The van der Waals surface area contributed by atoms with Crippen LogP contribution in [0.15, 0.2) is 41.9 Å². The molecule has 3 heterocycles. The lowest BCUT2D eigenvalue weighted by molar-refractivity contribution is -0.678. The Hall–Kier alpha value is -3.86. The topological polar surface area (TPSA) is 86.8 Å². The number of pyridine rings is 1. The van der Waals surface area contributed by atoms with Crippen molar-refractivity contribution in [2.75, 3.05) is 12.4 Å². The highest BCUT2D eigenvalue weighted by molar-refractivity contribution is 7.14. The van der Waals surface area contributed by atoms with Gasteiger partial charge in [-0.3, -0.25) is 4.79 Å². The summed E-state index contributed by atoms with van der Waals surface area (Å²) >= 11 is 0.878. The van der Waals surface area contributed by atoms with Crippen molar-refractivity contribution in [3.8, 4) is 10.4 Å². The van der Waals surface area contributed by atoms with Gasteiger partial charge in [0.2, 0.25) is 0 Å². The minimum Gasteiger partial charge on any atom is -0.595 e. The molecular formula is C21H14F3N3O4S. The highest BCUT2D eigenvalue weighted by atomic mass is 32.1. The second-order valence-electron chi connectivity index (χ2n) is 6.75. The van der Waals surface area contributed by atoms with Crippen LogP contribution in [0.25, 0.3) is 16.0 Å². The molecule has 1 amide bonds. The number of thiophene rings is 1. The van der Waals surface area contributed by atoms with Crippen LogP contribution in [0.3, 0.4) is 0 Å². The molecule has 0 saturated carbocycles. The Morgan fingerprint density at radius 2 is 1.94 bits per heavy atom. The number of nitrogens with one attached hydrogen (secondary N) is 1. The molecule has 0 aliphatic carbocycles. The molecule has 0 radical (unpaired) electrons. The van der Waals surface area contributed by atoms with Gasteiger partial charge in [-0.1, -0.05) is 17.0 Å². The van der Waals surface area contributed by atoms with Gasteiger partial charge in [0.15, 0.2) is 17.5 Å². The van der Waals surface area contributed by atoms with E-state index in [1.807, 2.05) is 0 Å². The zero-order chi connectivity index (χ0) is 23.2. The highest BCUT2D eigenvalue weighted by Crippen LogP contribution is 2.39. The molecule has 0 saturated heterocycles. The number of amides is 1. The van der Waals surface area contributed by atoms with Crippen LogP contribution in [0.4, 0.5) is 18.9 Å². The van der Waals surface area contributed by atoms with Gasteiger partial charge in [-0.05, 0) is 24.6 Å². The molecule has 11 heteroatoms. The van der Waals surface area contributed by atoms with E-state index in [9.17, 15) is 28.0 Å². The number of halogens is 3. The standard InChI is InChI=1S/C21H14F3N3O4S/c1-10-5-6-11(18(24)17(10)23)19-16(21(29)31-2)13(9-32-19)25-20(28)15-8-14-12(22)4-3-7-26(14)27(15)30/h3-9H,1-2H3,(H,25,28). The van der Waals surface area contributed by atoms with Gasteiger partial charge in [-0.15, -0.1) is 15.9 Å². The summed E-state index contributed by atoms with van der Waals surface area (Å²) in [5.41, 5.74) is -0.938. The molecule has 0 aliphatic rings. The summed E-state index contributed by atoms with van der Waals surface area (Å²) in [6.07, 6.45) is 1.28. The number of ether oxygens (including phenoxy) is 1. The van der Waals surface area contributed by atoms with Crippen molar-refractivity contribution in [2.24, 2.45) is 0 Å². The monoisotopic (exact) mass is 461 g/mol. The third-order valence-electron chi connectivity index (χ3n) is 4.82. The van der Waals surface area contributed by atoms with Crippen LogP contribution in [-0.4, -0.2) is 23.5 Å². The summed E-state index contributed by atoms with van der Waals surface area (Å²) in [6, 6.07) is 6.15. The number of anilines is 1. The predicted octanol–water partition coefficient (Wildman–Crippen LogP) is 4.07. The van der Waals surface area contributed by atoms with Crippen molar-refractivity contribution in [1.29, 1.82) is 0 Å². The molecule has 4 aromatic rings. The maximum absolute atomic E-state index is 14.6. The first-order valence-corrected chi connectivity index (χ1v) is 9.98. The second-order valence-corrected chi connectivity index (χ2v) is 7.63.